The van der Waals surface area contributed by atoms with Crippen LogP contribution in [-0.2, 0) is 28.5 Å². The summed E-state index contributed by atoms with van der Waals surface area (Å²) in [4.78, 5) is 25.3. The average Bonchev–Trinajstić information content (AvgIpc) is 3.22. The number of esters is 2. The lowest BCUT2D eigenvalue weighted by Crippen LogP contribution is -2.59. The van der Waals surface area contributed by atoms with Gasteiger partial charge in [0.25, 0.3) is 0 Å². The van der Waals surface area contributed by atoms with Crippen LogP contribution in [0, 0.1) is 0 Å². The van der Waals surface area contributed by atoms with Gasteiger partial charge < -0.3 is 39.4 Å². The molecule has 1 saturated heterocycles. The fourth-order valence-electron chi connectivity index (χ4n) is 6.60. The monoisotopic (exact) mass is 819 g/mol. The molecule has 334 valence electrons. The van der Waals surface area contributed by atoms with Gasteiger partial charge in [-0.15, -0.1) is 0 Å². The molecule has 1 aliphatic rings. The molecule has 0 aromatic carbocycles. The number of carbonyl (C=O) groups excluding carboxylic acids is 2. The van der Waals surface area contributed by atoms with Gasteiger partial charge in [0.1, 0.15) is 31.0 Å². The van der Waals surface area contributed by atoms with Crippen LogP contribution < -0.4 is 0 Å². The van der Waals surface area contributed by atoms with Crippen molar-refractivity contribution >= 4 is 11.9 Å². The fourth-order valence-corrected chi connectivity index (χ4v) is 6.60. The van der Waals surface area contributed by atoms with Crippen molar-refractivity contribution in [2.24, 2.45) is 0 Å². The Kier molecular flexibility index (Phi) is 35.5. The van der Waals surface area contributed by atoms with E-state index in [0.29, 0.717) is 12.8 Å². The molecule has 3 unspecified atom stereocenters. The lowest BCUT2D eigenvalue weighted by molar-refractivity contribution is -0.305. The smallest absolute Gasteiger partial charge is 0.306 e. The van der Waals surface area contributed by atoms with Crippen molar-refractivity contribution in [3.8, 4) is 0 Å². The van der Waals surface area contributed by atoms with E-state index in [1.165, 1.54) is 83.5 Å². The van der Waals surface area contributed by atoms with E-state index in [2.05, 4.69) is 38.2 Å². The third-order valence-electron chi connectivity index (χ3n) is 10.2. The zero-order chi connectivity index (χ0) is 42.3. The van der Waals surface area contributed by atoms with Crippen LogP contribution in [0.25, 0.3) is 0 Å². The van der Waals surface area contributed by atoms with Crippen LogP contribution in [0.1, 0.15) is 174 Å². The maximum atomic E-state index is 12.7. The highest BCUT2D eigenvalue weighted by Crippen LogP contribution is 2.22. The molecule has 1 aliphatic heterocycles. The summed E-state index contributed by atoms with van der Waals surface area (Å²) in [5.41, 5.74) is 0. The maximum absolute atomic E-state index is 12.7. The highest BCUT2D eigenvalue weighted by Gasteiger charge is 2.44. The SMILES string of the molecule is CC/C=C/C=C/C=C/C=C/CCCCCC(=O)OC(COC(=O)CCCCCCCCC/C=C/CCCCCCCCCCC)CO[C@H]1O[C@@H](CO)[C@@H](O)C(O)C1O. The van der Waals surface area contributed by atoms with Gasteiger partial charge in [-0.1, -0.05) is 164 Å². The number of hydrogen-bond acceptors (Lipinski definition) is 10. The largest absolute Gasteiger partial charge is 0.462 e. The quantitative estimate of drug-likeness (QED) is 0.0206. The standard InChI is InChI=1S/C48H82O10/c1-3-5-7-9-11-13-15-17-18-19-20-21-22-23-25-26-28-30-32-34-36-43(50)55-39-41(40-56-48-47(54)46(53)45(52)42(38-49)58-48)57-44(51)37-35-33-31-29-27-24-16-14-12-10-8-6-4-2/h6,8,10,12,14,16,20-21,24,27,41-42,45-49,52-54H,3-5,7,9,11,13,15,17-19,22-23,25-26,28-40H2,1-2H3/b8-6+,12-10+,16-14+,21-20+,27-24+/t41?,42-,45+,46?,47?,48-/m0/s1. The van der Waals surface area contributed by atoms with Gasteiger partial charge in [0.15, 0.2) is 12.4 Å². The number of aliphatic hydroxyl groups is 4. The van der Waals surface area contributed by atoms with Crippen LogP contribution in [0.15, 0.2) is 60.8 Å². The molecule has 0 spiro atoms. The van der Waals surface area contributed by atoms with Gasteiger partial charge >= 0.3 is 11.9 Å². The molecule has 0 aromatic heterocycles. The summed E-state index contributed by atoms with van der Waals surface area (Å²) in [6.45, 7) is 3.23. The molecule has 0 bridgehead atoms. The first kappa shape index (κ1) is 53.4. The van der Waals surface area contributed by atoms with Crippen molar-refractivity contribution in [3.63, 3.8) is 0 Å². The summed E-state index contributed by atoms with van der Waals surface area (Å²) in [7, 11) is 0. The third kappa shape index (κ3) is 29.6. The summed E-state index contributed by atoms with van der Waals surface area (Å²) in [6.07, 6.45) is 39.5. The van der Waals surface area contributed by atoms with E-state index in [9.17, 15) is 30.0 Å². The van der Waals surface area contributed by atoms with Crippen molar-refractivity contribution in [2.75, 3.05) is 19.8 Å². The Morgan fingerprint density at radius 2 is 1.03 bits per heavy atom. The third-order valence-corrected chi connectivity index (χ3v) is 10.2. The molecule has 1 rings (SSSR count). The van der Waals surface area contributed by atoms with Crippen molar-refractivity contribution in [3.05, 3.63) is 60.8 Å². The second kappa shape index (κ2) is 38.6. The highest BCUT2D eigenvalue weighted by molar-refractivity contribution is 5.70. The average molecular weight is 819 g/mol. The van der Waals surface area contributed by atoms with Crippen LogP contribution in [0.5, 0.6) is 0 Å². The summed E-state index contributed by atoms with van der Waals surface area (Å²) < 4.78 is 22.1. The Morgan fingerprint density at radius 3 is 1.60 bits per heavy atom. The van der Waals surface area contributed by atoms with Crippen LogP contribution in [0.2, 0.25) is 0 Å². The second-order valence-corrected chi connectivity index (χ2v) is 15.6. The van der Waals surface area contributed by atoms with Gasteiger partial charge in [0, 0.05) is 12.8 Å². The van der Waals surface area contributed by atoms with Gasteiger partial charge in [-0.05, 0) is 57.8 Å². The molecule has 0 radical (unpaired) electrons. The molecule has 10 heteroatoms. The molecule has 58 heavy (non-hydrogen) atoms. The predicted molar refractivity (Wildman–Crippen MR) is 233 cm³/mol. The fraction of sp³-hybridized carbons (Fsp3) is 0.750. The lowest BCUT2D eigenvalue weighted by atomic mass is 9.99. The van der Waals surface area contributed by atoms with E-state index in [1.54, 1.807) is 0 Å². The van der Waals surface area contributed by atoms with E-state index >= 15 is 0 Å². The van der Waals surface area contributed by atoms with Crippen molar-refractivity contribution in [1.29, 1.82) is 0 Å². The lowest BCUT2D eigenvalue weighted by Gasteiger charge is -2.39. The number of ether oxygens (including phenoxy) is 4. The zero-order valence-electron chi connectivity index (χ0n) is 36.3. The van der Waals surface area contributed by atoms with Crippen LogP contribution >= 0.6 is 0 Å². The molecular formula is C48H82O10. The van der Waals surface area contributed by atoms with Gasteiger partial charge in [0.2, 0.25) is 0 Å². The minimum Gasteiger partial charge on any atom is -0.462 e. The number of rotatable bonds is 37. The summed E-state index contributed by atoms with van der Waals surface area (Å²) in [5.74, 6) is -0.860. The van der Waals surface area contributed by atoms with Crippen molar-refractivity contribution < 1.29 is 49.0 Å². The number of unbranched alkanes of at least 4 members (excludes halogenated alkanes) is 19. The van der Waals surface area contributed by atoms with Gasteiger partial charge in [-0.2, -0.15) is 0 Å². The van der Waals surface area contributed by atoms with E-state index in [0.717, 1.165) is 51.4 Å². The zero-order valence-corrected chi connectivity index (χ0v) is 36.3. The molecule has 4 N–H and O–H groups in total. The van der Waals surface area contributed by atoms with E-state index in [-0.39, 0.29) is 26.1 Å². The second-order valence-electron chi connectivity index (χ2n) is 15.6. The van der Waals surface area contributed by atoms with Crippen LogP contribution in [-0.4, -0.2) is 89.0 Å². The Hall–Kier alpha value is -2.60. The Bertz CT molecular complexity index is 1130. The first-order valence-electron chi connectivity index (χ1n) is 22.9. The minimum atomic E-state index is -1.60. The van der Waals surface area contributed by atoms with Gasteiger partial charge in [-0.3, -0.25) is 9.59 Å². The van der Waals surface area contributed by atoms with Crippen molar-refractivity contribution in [1.82, 2.24) is 0 Å². The molecule has 6 atom stereocenters. The van der Waals surface area contributed by atoms with Crippen molar-refractivity contribution in [2.45, 2.75) is 211 Å². The maximum Gasteiger partial charge on any atom is 0.306 e. The normalized spacial score (nSPS) is 20.7. The van der Waals surface area contributed by atoms with Crippen LogP contribution in [0.4, 0.5) is 0 Å². The molecule has 1 fully saturated rings. The molecule has 0 amide bonds. The van der Waals surface area contributed by atoms with E-state index in [1.807, 2.05) is 36.5 Å². The Balaban J connectivity index is 2.32. The number of aliphatic hydroxyl groups excluding tert-OH is 4. The molecule has 0 aromatic rings. The summed E-state index contributed by atoms with van der Waals surface area (Å²) in [6, 6.07) is 0. The van der Waals surface area contributed by atoms with Gasteiger partial charge in [-0.25, -0.2) is 0 Å². The number of allylic oxidation sites excluding steroid dienone is 10. The summed E-state index contributed by atoms with van der Waals surface area (Å²) >= 11 is 0. The topological polar surface area (TPSA) is 152 Å². The Morgan fingerprint density at radius 1 is 0.552 bits per heavy atom. The van der Waals surface area contributed by atoms with Gasteiger partial charge in [0.05, 0.1) is 13.2 Å². The van der Waals surface area contributed by atoms with E-state index < -0.39 is 55.4 Å². The molecule has 0 saturated carbocycles. The molecular weight excluding hydrogens is 737 g/mol. The Labute approximate surface area is 351 Å². The summed E-state index contributed by atoms with van der Waals surface area (Å²) in [5, 5.41) is 40.1. The van der Waals surface area contributed by atoms with E-state index in [4.69, 9.17) is 18.9 Å². The molecule has 10 nitrogen and oxygen atoms in total. The predicted octanol–water partition coefficient (Wildman–Crippen LogP) is 9.83. The number of hydrogen-bond donors (Lipinski definition) is 4. The number of carbonyl (C=O) groups is 2. The molecule has 0 aliphatic carbocycles. The first-order valence-corrected chi connectivity index (χ1v) is 22.9. The first-order chi connectivity index (χ1) is 28.3. The minimum absolute atomic E-state index is 0.181. The van der Waals surface area contributed by atoms with Crippen LogP contribution in [0.3, 0.4) is 0 Å². The molecule has 1 heterocycles. The highest BCUT2D eigenvalue weighted by atomic mass is 16.7.